The monoisotopic (exact) mass is 1110 g/mol. The number of ether oxygens (including phenoxy) is 5. The Morgan fingerprint density at radius 1 is 0.443 bits per heavy atom. The number of carboxylic acid groups (broad SMARTS) is 1. The van der Waals surface area contributed by atoms with Crippen molar-refractivity contribution in [1.29, 1.82) is 0 Å². The highest BCUT2D eigenvalue weighted by Gasteiger charge is 2.50. The topological polar surface area (TPSA) is 175 Å². The second-order valence-corrected chi connectivity index (χ2v) is 21.0. The number of hydrogen-bond donors (Lipinski definition) is 3. The lowest BCUT2D eigenvalue weighted by Crippen LogP contribution is -2.61. The maximum absolute atomic E-state index is 13.2. The van der Waals surface area contributed by atoms with Crippen molar-refractivity contribution in [2.24, 2.45) is 0 Å². The second kappa shape index (κ2) is 54.2. The van der Waals surface area contributed by atoms with Crippen molar-refractivity contribution in [1.82, 2.24) is 0 Å². The van der Waals surface area contributed by atoms with Crippen LogP contribution in [-0.4, -0.2) is 89.2 Å². The summed E-state index contributed by atoms with van der Waals surface area (Å²) in [5, 5.41) is 31.5. The zero-order valence-corrected chi connectivity index (χ0v) is 49.6. The Bertz CT molecular complexity index is 1740. The van der Waals surface area contributed by atoms with Crippen LogP contribution in [0, 0.1) is 0 Å². The minimum Gasteiger partial charge on any atom is -0.479 e. The standard InChI is InChI=1S/C67H110O12/c1-4-7-10-13-16-19-22-25-28-29-30-31-34-37-40-43-46-49-52-55-61(70)78-65-63(72)62(71)64(66(73)74)79-67(65)76-57-58(77-60(69)54-51-48-45-42-39-36-33-27-24-21-18-15-12-9-6-3)56-75-59(68)53-50-47-44-41-38-35-32-26-23-20-17-14-11-8-5-2/h8-9,11-12,17-18,20-21,26-27,32-33,38,41,47,50,58,62-65,67,71-72H,4-7,10,13-16,19,22-25,28-31,34-37,39-40,42-46,48-49,51-57H2,1-3H3,(H,73,74)/b11-8-,12-9-,20-17-,21-18-,32-26-,33-27-,41-38-,50-47-. The van der Waals surface area contributed by atoms with Gasteiger partial charge in [-0.2, -0.15) is 0 Å². The molecule has 6 atom stereocenters. The molecule has 0 aromatic heterocycles. The van der Waals surface area contributed by atoms with Crippen LogP contribution in [0.4, 0.5) is 0 Å². The van der Waals surface area contributed by atoms with Crippen molar-refractivity contribution < 1.29 is 58.2 Å². The lowest BCUT2D eigenvalue weighted by atomic mass is 9.98. The molecule has 12 heteroatoms. The highest BCUT2D eigenvalue weighted by Crippen LogP contribution is 2.26. The fraction of sp³-hybridized carbons (Fsp3) is 0.701. The van der Waals surface area contributed by atoms with Crippen LogP contribution < -0.4 is 0 Å². The molecule has 79 heavy (non-hydrogen) atoms. The van der Waals surface area contributed by atoms with Crippen LogP contribution in [0.3, 0.4) is 0 Å². The fourth-order valence-electron chi connectivity index (χ4n) is 8.99. The van der Waals surface area contributed by atoms with Crippen LogP contribution in [0.25, 0.3) is 0 Å². The number of aliphatic hydroxyl groups excluding tert-OH is 2. The van der Waals surface area contributed by atoms with Gasteiger partial charge in [0, 0.05) is 12.8 Å². The largest absolute Gasteiger partial charge is 0.479 e. The van der Waals surface area contributed by atoms with Crippen molar-refractivity contribution in [3.63, 3.8) is 0 Å². The van der Waals surface area contributed by atoms with Gasteiger partial charge in [0.2, 0.25) is 0 Å². The molecule has 1 aliphatic rings. The SMILES string of the molecule is CC/C=C\C/C=C\C/C=C\C/C=C\C/C=C\CC(=O)OCC(COC1OC(C(=O)O)C(O)C(O)C1OC(=O)CCCCCCCCCCCCCCCCCCCCC)OC(=O)CCCCCCC/C=C\C/C=C\C/C=C\CC. The van der Waals surface area contributed by atoms with Gasteiger partial charge in [-0.25, -0.2) is 4.79 Å². The molecule has 0 amide bonds. The predicted molar refractivity (Wildman–Crippen MR) is 321 cm³/mol. The Morgan fingerprint density at radius 3 is 1.28 bits per heavy atom. The average Bonchev–Trinajstić information content (AvgIpc) is 3.46. The van der Waals surface area contributed by atoms with Gasteiger partial charge >= 0.3 is 23.9 Å². The third-order valence-corrected chi connectivity index (χ3v) is 13.7. The van der Waals surface area contributed by atoms with E-state index in [1.807, 2.05) is 12.2 Å². The Labute approximate surface area is 479 Å². The van der Waals surface area contributed by atoms with Crippen LogP contribution in [0.1, 0.15) is 252 Å². The summed E-state index contributed by atoms with van der Waals surface area (Å²) in [5.74, 6) is -3.30. The number of unbranched alkanes of at least 4 members (excludes halogenated alkanes) is 23. The lowest BCUT2D eigenvalue weighted by Gasteiger charge is -2.40. The molecule has 0 aromatic carbocycles. The van der Waals surface area contributed by atoms with Crippen LogP contribution in [0.5, 0.6) is 0 Å². The van der Waals surface area contributed by atoms with E-state index in [2.05, 4.69) is 99.8 Å². The fourth-order valence-corrected chi connectivity index (χ4v) is 8.99. The first kappa shape index (κ1) is 72.7. The molecule has 6 unspecified atom stereocenters. The summed E-state index contributed by atoms with van der Waals surface area (Å²) >= 11 is 0. The Balaban J connectivity index is 2.71. The van der Waals surface area contributed by atoms with E-state index in [1.165, 1.54) is 89.9 Å². The van der Waals surface area contributed by atoms with E-state index in [0.29, 0.717) is 19.3 Å². The Hall–Kier alpha value is -4.36. The molecule has 0 radical (unpaired) electrons. The van der Waals surface area contributed by atoms with Crippen LogP contribution in [0.2, 0.25) is 0 Å². The molecule has 3 N–H and O–H groups in total. The van der Waals surface area contributed by atoms with Gasteiger partial charge < -0.3 is 39.0 Å². The first-order chi connectivity index (χ1) is 38.6. The van der Waals surface area contributed by atoms with Crippen molar-refractivity contribution in [3.05, 3.63) is 97.2 Å². The van der Waals surface area contributed by atoms with E-state index in [-0.39, 0.29) is 25.9 Å². The molecule has 1 rings (SSSR count). The van der Waals surface area contributed by atoms with Crippen LogP contribution in [-0.2, 0) is 42.9 Å². The van der Waals surface area contributed by atoms with Gasteiger partial charge in [-0.3, -0.25) is 14.4 Å². The molecular weight excluding hydrogens is 997 g/mol. The minimum absolute atomic E-state index is 0.0214. The van der Waals surface area contributed by atoms with Gasteiger partial charge in [0.25, 0.3) is 0 Å². The molecule has 0 aromatic rings. The summed E-state index contributed by atoms with van der Waals surface area (Å²) < 4.78 is 28.3. The number of esters is 3. The minimum atomic E-state index is -1.92. The number of carbonyl (C=O) groups excluding carboxylic acids is 3. The Morgan fingerprint density at radius 2 is 0.835 bits per heavy atom. The first-order valence-electron chi connectivity index (χ1n) is 31.2. The molecule has 0 bridgehead atoms. The normalized spacial score (nSPS) is 18.5. The van der Waals surface area contributed by atoms with Gasteiger partial charge in [-0.05, 0) is 77.0 Å². The number of carboxylic acids is 1. The molecular formula is C67H110O12. The summed E-state index contributed by atoms with van der Waals surface area (Å²) in [5.41, 5.74) is 0. The molecule has 0 saturated carbocycles. The zero-order chi connectivity index (χ0) is 57.5. The highest BCUT2D eigenvalue weighted by atomic mass is 16.7. The van der Waals surface area contributed by atoms with E-state index < -0.39 is 67.3 Å². The van der Waals surface area contributed by atoms with Crippen LogP contribution >= 0.6 is 0 Å². The maximum atomic E-state index is 13.2. The highest BCUT2D eigenvalue weighted by molar-refractivity contribution is 5.74. The molecule has 1 heterocycles. The summed E-state index contributed by atoms with van der Waals surface area (Å²) in [7, 11) is 0. The molecule has 450 valence electrons. The van der Waals surface area contributed by atoms with E-state index in [0.717, 1.165) is 103 Å². The summed E-state index contributed by atoms with van der Waals surface area (Å²) in [6.45, 7) is 5.68. The maximum Gasteiger partial charge on any atom is 0.335 e. The third-order valence-electron chi connectivity index (χ3n) is 13.7. The average molecular weight is 1110 g/mol. The number of rotatable bonds is 52. The number of hydrogen-bond acceptors (Lipinski definition) is 11. The van der Waals surface area contributed by atoms with E-state index in [9.17, 15) is 34.5 Å². The summed E-state index contributed by atoms with van der Waals surface area (Å²) in [6.07, 6.45) is 59.7. The number of aliphatic hydroxyl groups is 2. The Kier molecular flexibility index (Phi) is 49.9. The molecule has 0 aliphatic carbocycles. The third kappa shape index (κ3) is 44.0. The summed E-state index contributed by atoms with van der Waals surface area (Å²) in [6, 6.07) is 0. The molecule has 1 aliphatic heterocycles. The zero-order valence-electron chi connectivity index (χ0n) is 49.6. The molecule has 1 saturated heterocycles. The van der Waals surface area contributed by atoms with Gasteiger partial charge in [-0.1, -0.05) is 253 Å². The number of aliphatic carboxylic acids is 1. The van der Waals surface area contributed by atoms with Crippen molar-refractivity contribution in [2.75, 3.05) is 13.2 Å². The molecule has 12 nitrogen and oxygen atoms in total. The lowest BCUT2D eigenvalue weighted by molar-refractivity contribution is -0.301. The second-order valence-electron chi connectivity index (χ2n) is 21.0. The van der Waals surface area contributed by atoms with Gasteiger partial charge in [0.1, 0.15) is 18.8 Å². The summed E-state index contributed by atoms with van der Waals surface area (Å²) in [4.78, 5) is 51.2. The van der Waals surface area contributed by atoms with Crippen molar-refractivity contribution >= 4 is 23.9 Å². The first-order valence-corrected chi connectivity index (χ1v) is 31.2. The van der Waals surface area contributed by atoms with Crippen molar-refractivity contribution in [3.8, 4) is 0 Å². The van der Waals surface area contributed by atoms with E-state index in [1.54, 1.807) is 6.08 Å². The quantitative estimate of drug-likeness (QED) is 0.0228. The van der Waals surface area contributed by atoms with Gasteiger partial charge in [0.15, 0.2) is 24.6 Å². The van der Waals surface area contributed by atoms with Crippen LogP contribution in [0.15, 0.2) is 97.2 Å². The smallest absolute Gasteiger partial charge is 0.335 e. The predicted octanol–water partition coefficient (Wildman–Crippen LogP) is 16.5. The number of allylic oxidation sites excluding steroid dienone is 15. The molecule has 1 fully saturated rings. The van der Waals surface area contributed by atoms with Gasteiger partial charge in [-0.15, -0.1) is 0 Å². The van der Waals surface area contributed by atoms with E-state index in [4.69, 9.17) is 23.7 Å². The number of carbonyl (C=O) groups is 4. The molecule has 0 spiro atoms. The van der Waals surface area contributed by atoms with Crippen molar-refractivity contribution in [2.45, 2.75) is 289 Å². The van der Waals surface area contributed by atoms with E-state index >= 15 is 0 Å². The van der Waals surface area contributed by atoms with Gasteiger partial charge in [0.05, 0.1) is 13.0 Å².